The molecule has 4 rings (SSSR count). The van der Waals surface area contributed by atoms with Crippen LogP contribution in [0.2, 0.25) is 0 Å². The van der Waals surface area contributed by atoms with E-state index in [1.165, 1.54) is 20.5 Å². The van der Waals surface area contributed by atoms with E-state index in [0.717, 1.165) is 18.4 Å². The maximum Gasteiger partial charge on any atom is 0.332 e. The van der Waals surface area contributed by atoms with E-state index in [1.807, 2.05) is 31.2 Å². The van der Waals surface area contributed by atoms with Crippen LogP contribution in [0.3, 0.4) is 0 Å². The summed E-state index contributed by atoms with van der Waals surface area (Å²) in [7, 11) is 0. The van der Waals surface area contributed by atoms with E-state index in [4.69, 9.17) is 9.47 Å². The lowest BCUT2D eigenvalue weighted by atomic mass is 10.2. The number of fused-ring (bicyclic) bond motifs is 1. The molecule has 164 valence electrons. The highest BCUT2D eigenvalue weighted by molar-refractivity contribution is 7.17. The maximum atomic E-state index is 13.2. The molecule has 2 aromatic heterocycles. The molecular weight excluding hydrogens is 418 g/mol. The van der Waals surface area contributed by atoms with E-state index < -0.39 is 5.69 Å². The van der Waals surface area contributed by atoms with Gasteiger partial charge in [-0.1, -0.05) is 12.1 Å². The van der Waals surface area contributed by atoms with Crippen molar-refractivity contribution in [2.75, 3.05) is 19.8 Å². The van der Waals surface area contributed by atoms with Gasteiger partial charge in [-0.25, -0.2) is 4.79 Å². The molecule has 1 atom stereocenters. The number of hydrogen-bond acceptors (Lipinski definition) is 6. The van der Waals surface area contributed by atoms with Gasteiger partial charge in [-0.05, 0) is 48.9 Å². The summed E-state index contributed by atoms with van der Waals surface area (Å²) in [5, 5.41) is 4.59. The Bertz CT molecular complexity index is 1190. The second-order valence-electron chi connectivity index (χ2n) is 7.41. The van der Waals surface area contributed by atoms with E-state index in [1.54, 1.807) is 11.4 Å². The summed E-state index contributed by atoms with van der Waals surface area (Å²) in [5.74, 6) is 0.396. The van der Waals surface area contributed by atoms with Crippen LogP contribution in [0.5, 0.6) is 5.75 Å². The second kappa shape index (κ2) is 9.49. The van der Waals surface area contributed by atoms with Crippen molar-refractivity contribution in [2.24, 2.45) is 0 Å². The zero-order valence-corrected chi connectivity index (χ0v) is 18.2. The number of aromatic nitrogens is 2. The van der Waals surface area contributed by atoms with Crippen LogP contribution in [0, 0.1) is 0 Å². The van der Waals surface area contributed by atoms with Gasteiger partial charge in [-0.2, -0.15) is 0 Å². The first-order chi connectivity index (χ1) is 15.1. The molecule has 0 spiro atoms. The Morgan fingerprint density at radius 3 is 2.94 bits per heavy atom. The number of thiophene rings is 1. The SMILES string of the molecule is CCOc1cccc(Cn2c(=O)c3sccc3n(CC(=O)NCC3CCCO3)c2=O)c1. The van der Waals surface area contributed by atoms with Crippen molar-refractivity contribution < 1.29 is 14.3 Å². The lowest BCUT2D eigenvalue weighted by Gasteiger charge is -2.14. The fourth-order valence-electron chi connectivity index (χ4n) is 3.74. The number of hydrogen-bond donors (Lipinski definition) is 1. The smallest absolute Gasteiger partial charge is 0.332 e. The summed E-state index contributed by atoms with van der Waals surface area (Å²) >= 11 is 1.26. The molecule has 3 aromatic rings. The summed E-state index contributed by atoms with van der Waals surface area (Å²) in [5.41, 5.74) is 0.389. The van der Waals surface area contributed by atoms with Crippen molar-refractivity contribution in [3.8, 4) is 5.75 Å². The Kier molecular flexibility index (Phi) is 6.53. The van der Waals surface area contributed by atoms with Crippen molar-refractivity contribution in [3.05, 3.63) is 62.1 Å². The molecule has 1 saturated heterocycles. The minimum Gasteiger partial charge on any atom is -0.494 e. The first kappa shape index (κ1) is 21.3. The van der Waals surface area contributed by atoms with Crippen LogP contribution in [0.15, 0.2) is 45.3 Å². The van der Waals surface area contributed by atoms with Gasteiger partial charge in [0.05, 0.1) is 24.8 Å². The van der Waals surface area contributed by atoms with Crippen molar-refractivity contribution in [2.45, 2.75) is 39.0 Å². The van der Waals surface area contributed by atoms with Crippen LogP contribution < -0.4 is 21.3 Å². The molecule has 1 amide bonds. The van der Waals surface area contributed by atoms with Gasteiger partial charge >= 0.3 is 5.69 Å². The molecule has 0 radical (unpaired) electrons. The average molecular weight is 444 g/mol. The number of benzene rings is 1. The predicted molar refractivity (Wildman–Crippen MR) is 119 cm³/mol. The number of rotatable bonds is 8. The summed E-state index contributed by atoms with van der Waals surface area (Å²) < 4.78 is 14.0. The third kappa shape index (κ3) is 4.72. The minimum absolute atomic E-state index is 0.0217. The summed E-state index contributed by atoms with van der Waals surface area (Å²) in [4.78, 5) is 38.7. The number of nitrogens with one attached hydrogen (secondary N) is 1. The summed E-state index contributed by atoms with van der Waals surface area (Å²) in [6.07, 6.45) is 1.93. The van der Waals surface area contributed by atoms with Gasteiger partial charge in [0.15, 0.2) is 0 Å². The third-order valence-corrected chi connectivity index (χ3v) is 6.13. The van der Waals surface area contributed by atoms with Gasteiger partial charge in [0.2, 0.25) is 5.91 Å². The predicted octanol–water partition coefficient (Wildman–Crippen LogP) is 1.97. The normalized spacial score (nSPS) is 16.0. The topological polar surface area (TPSA) is 91.6 Å². The molecular formula is C22H25N3O5S. The largest absolute Gasteiger partial charge is 0.494 e. The quantitative estimate of drug-likeness (QED) is 0.575. The first-order valence-electron chi connectivity index (χ1n) is 10.4. The summed E-state index contributed by atoms with van der Waals surface area (Å²) in [6.45, 7) is 3.50. The molecule has 0 aliphatic carbocycles. The van der Waals surface area contributed by atoms with Crippen molar-refractivity contribution in [1.29, 1.82) is 0 Å². The number of ether oxygens (including phenoxy) is 2. The Labute approximate surface area is 183 Å². The lowest BCUT2D eigenvalue weighted by Crippen LogP contribution is -2.43. The number of carbonyl (C=O) groups is 1. The monoisotopic (exact) mass is 443 g/mol. The molecule has 3 heterocycles. The van der Waals surface area contributed by atoms with Crippen LogP contribution >= 0.6 is 11.3 Å². The number of carbonyl (C=O) groups excluding carboxylic acids is 1. The molecule has 1 unspecified atom stereocenters. The highest BCUT2D eigenvalue weighted by Crippen LogP contribution is 2.17. The fourth-order valence-corrected chi connectivity index (χ4v) is 4.58. The molecule has 1 N–H and O–H groups in total. The fraction of sp³-hybridized carbons (Fsp3) is 0.409. The van der Waals surface area contributed by atoms with Gasteiger partial charge in [-0.3, -0.25) is 18.7 Å². The van der Waals surface area contributed by atoms with Crippen molar-refractivity contribution in [3.63, 3.8) is 0 Å². The number of amides is 1. The summed E-state index contributed by atoms with van der Waals surface area (Å²) in [6, 6.07) is 9.01. The van der Waals surface area contributed by atoms with Gasteiger partial charge in [0, 0.05) is 13.2 Å². The molecule has 9 heteroatoms. The molecule has 0 saturated carbocycles. The zero-order valence-electron chi connectivity index (χ0n) is 17.3. The molecule has 8 nitrogen and oxygen atoms in total. The Hall–Kier alpha value is -2.91. The lowest BCUT2D eigenvalue weighted by molar-refractivity contribution is -0.122. The second-order valence-corrected chi connectivity index (χ2v) is 8.33. The Balaban J connectivity index is 1.62. The van der Waals surface area contributed by atoms with Crippen molar-refractivity contribution >= 4 is 27.5 Å². The molecule has 1 aliphatic heterocycles. The standard InChI is InChI=1S/C22H25N3O5S/c1-2-29-16-6-3-5-15(11-16)13-25-21(27)20-18(8-10-31-20)24(22(25)28)14-19(26)23-12-17-7-4-9-30-17/h3,5-6,8,10-11,17H,2,4,7,9,12-14H2,1H3,(H,23,26). The Morgan fingerprint density at radius 1 is 1.29 bits per heavy atom. The maximum absolute atomic E-state index is 13.2. The molecule has 1 aromatic carbocycles. The van der Waals surface area contributed by atoms with E-state index in [0.29, 0.717) is 35.7 Å². The van der Waals surface area contributed by atoms with Crippen LogP contribution in [0.4, 0.5) is 0 Å². The van der Waals surface area contributed by atoms with E-state index in [2.05, 4.69) is 5.32 Å². The first-order valence-corrected chi connectivity index (χ1v) is 11.3. The zero-order chi connectivity index (χ0) is 21.8. The van der Waals surface area contributed by atoms with Gasteiger partial charge < -0.3 is 14.8 Å². The molecule has 1 fully saturated rings. The molecule has 31 heavy (non-hydrogen) atoms. The highest BCUT2D eigenvalue weighted by Gasteiger charge is 2.19. The van der Waals surface area contributed by atoms with Crippen molar-refractivity contribution in [1.82, 2.24) is 14.5 Å². The number of nitrogens with zero attached hydrogens (tertiary/aromatic N) is 2. The van der Waals surface area contributed by atoms with Crippen LogP contribution in [-0.2, 0) is 22.6 Å². The highest BCUT2D eigenvalue weighted by atomic mass is 32.1. The molecule has 1 aliphatic rings. The van der Waals surface area contributed by atoms with Gasteiger partial charge in [-0.15, -0.1) is 11.3 Å². The van der Waals surface area contributed by atoms with E-state index in [9.17, 15) is 14.4 Å². The minimum atomic E-state index is -0.509. The van der Waals surface area contributed by atoms with Gasteiger partial charge in [0.25, 0.3) is 5.56 Å². The van der Waals surface area contributed by atoms with E-state index in [-0.39, 0.29) is 30.7 Å². The van der Waals surface area contributed by atoms with Crippen LogP contribution in [0.1, 0.15) is 25.3 Å². The van der Waals surface area contributed by atoms with Gasteiger partial charge in [0.1, 0.15) is 17.0 Å². The van der Waals surface area contributed by atoms with E-state index >= 15 is 0 Å². The van der Waals surface area contributed by atoms with Crippen LogP contribution in [0.25, 0.3) is 10.2 Å². The molecule has 0 bridgehead atoms. The van der Waals surface area contributed by atoms with Crippen LogP contribution in [-0.4, -0.2) is 40.9 Å². The average Bonchev–Trinajstić information content (AvgIpc) is 3.45. The Morgan fingerprint density at radius 2 is 2.16 bits per heavy atom. The third-order valence-electron chi connectivity index (χ3n) is 5.24.